The van der Waals surface area contributed by atoms with Gasteiger partial charge in [0.1, 0.15) is 0 Å². The van der Waals surface area contributed by atoms with Gasteiger partial charge in [0.2, 0.25) is 5.52 Å². The van der Waals surface area contributed by atoms with Crippen molar-refractivity contribution in [3.05, 3.63) is 69.4 Å². The summed E-state index contributed by atoms with van der Waals surface area (Å²) < 4.78 is 1.49. The molecule has 8 nitrogen and oxygen atoms in total. The molecule has 3 atom stereocenters. The van der Waals surface area contributed by atoms with Gasteiger partial charge in [-0.1, -0.05) is 44.7 Å². The van der Waals surface area contributed by atoms with E-state index in [0.717, 1.165) is 31.5 Å². The minimum absolute atomic E-state index is 0.0452. The first-order valence-corrected chi connectivity index (χ1v) is 11.9. The van der Waals surface area contributed by atoms with Crippen LogP contribution in [0, 0.1) is 6.57 Å². The van der Waals surface area contributed by atoms with Crippen LogP contribution in [0.15, 0.2) is 41.2 Å². The van der Waals surface area contributed by atoms with Gasteiger partial charge in [-0.25, -0.2) is 4.79 Å². The standard InChI is InChI=1S/C26H32N6O2/c1-6-20-15-32(25-24-22(30(5)26(34)29-25)12-13-23(27-4)28-24)21(7-2)14-31(20)17(3)19-10-8-18(16-33)9-11-19/h8-13,17,20-21,33H,6-7,14-16H2,1-3,5H3/t17?,20-,21+/m1/s1. The van der Waals surface area contributed by atoms with E-state index in [-0.39, 0.29) is 30.4 Å². The van der Waals surface area contributed by atoms with Crippen molar-refractivity contribution in [3.63, 3.8) is 0 Å². The third-order valence-corrected chi connectivity index (χ3v) is 7.13. The fourth-order valence-electron chi connectivity index (χ4n) is 4.97. The van der Waals surface area contributed by atoms with Crippen molar-refractivity contribution < 1.29 is 5.11 Å². The highest BCUT2D eigenvalue weighted by molar-refractivity contribution is 5.87. The van der Waals surface area contributed by atoms with Crippen molar-refractivity contribution in [1.29, 1.82) is 0 Å². The average Bonchev–Trinajstić information content (AvgIpc) is 2.89. The number of hydrogen-bond donors (Lipinski definition) is 1. The van der Waals surface area contributed by atoms with E-state index in [0.29, 0.717) is 22.7 Å². The summed E-state index contributed by atoms with van der Waals surface area (Å²) in [4.78, 5) is 30.0. The van der Waals surface area contributed by atoms with E-state index in [9.17, 15) is 9.90 Å². The predicted octanol–water partition coefficient (Wildman–Crippen LogP) is 3.81. The molecule has 178 valence electrons. The SMILES string of the molecule is [C-]#[N+]c1ccc2c(n1)c(N1C[C@@H](CC)N(C(C)c3ccc(CO)cc3)C[C@@H]1CC)nc(=O)n2C. The van der Waals surface area contributed by atoms with Crippen molar-refractivity contribution in [2.45, 2.75) is 58.3 Å². The second-order valence-electron chi connectivity index (χ2n) is 8.97. The first-order chi connectivity index (χ1) is 16.4. The van der Waals surface area contributed by atoms with Crippen LogP contribution in [0.5, 0.6) is 0 Å². The lowest BCUT2D eigenvalue weighted by Crippen LogP contribution is -2.59. The molecule has 0 spiro atoms. The van der Waals surface area contributed by atoms with Crippen LogP contribution in [0.4, 0.5) is 11.6 Å². The number of aromatic nitrogens is 3. The summed E-state index contributed by atoms with van der Waals surface area (Å²) in [7, 11) is 1.69. The molecule has 1 fully saturated rings. The Bertz CT molecular complexity index is 1260. The Balaban J connectivity index is 1.73. The van der Waals surface area contributed by atoms with Crippen molar-refractivity contribution in [2.75, 3.05) is 18.0 Å². The van der Waals surface area contributed by atoms with Gasteiger partial charge in [0.05, 0.1) is 12.1 Å². The number of benzene rings is 1. The topological polar surface area (TPSA) is 78.9 Å². The largest absolute Gasteiger partial charge is 0.392 e. The molecule has 8 heteroatoms. The lowest BCUT2D eigenvalue weighted by atomic mass is 9.96. The van der Waals surface area contributed by atoms with Gasteiger partial charge in [0.15, 0.2) is 5.82 Å². The summed E-state index contributed by atoms with van der Waals surface area (Å²) in [6.45, 7) is 15.6. The van der Waals surface area contributed by atoms with Crippen molar-refractivity contribution in [3.8, 4) is 0 Å². The number of piperazine rings is 1. The quantitative estimate of drug-likeness (QED) is 0.564. The van der Waals surface area contributed by atoms with Crippen LogP contribution < -0.4 is 10.6 Å². The fraction of sp³-hybridized carbons (Fsp3) is 0.462. The third kappa shape index (κ3) is 4.29. The van der Waals surface area contributed by atoms with Crippen LogP contribution in [0.25, 0.3) is 15.9 Å². The normalized spacial score (nSPS) is 19.8. The van der Waals surface area contributed by atoms with Gasteiger partial charge in [-0.05, 0) is 43.0 Å². The highest BCUT2D eigenvalue weighted by Crippen LogP contribution is 2.34. The molecule has 0 saturated carbocycles. The summed E-state index contributed by atoms with van der Waals surface area (Å²) in [6, 6.07) is 12.2. The van der Waals surface area contributed by atoms with E-state index in [2.05, 4.69) is 57.5 Å². The zero-order valence-electron chi connectivity index (χ0n) is 20.3. The lowest BCUT2D eigenvalue weighted by molar-refractivity contribution is 0.101. The van der Waals surface area contributed by atoms with Gasteiger partial charge in [-0.2, -0.15) is 4.98 Å². The Morgan fingerprint density at radius 3 is 2.41 bits per heavy atom. The van der Waals surface area contributed by atoms with Crippen LogP contribution in [0.2, 0.25) is 0 Å². The maximum Gasteiger partial charge on any atom is 0.350 e. The summed E-state index contributed by atoms with van der Waals surface area (Å²) in [5, 5.41) is 9.38. The van der Waals surface area contributed by atoms with Crippen LogP contribution in [0.1, 0.15) is 50.8 Å². The molecule has 1 N–H and O–H groups in total. The molecule has 1 aliphatic rings. The molecular weight excluding hydrogens is 428 g/mol. The van der Waals surface area contributed by atoms with Gasteiger partial charge in [0.25, 0.3) is 5.82 Å². The number of anilines is 1. The van der Waals surface area contributed by atoms with E-state index in [1.54, 1.807) is 19.2 Å². The zero-order chi connectivity index (χ0) is 24.4. The van der Waals surface area contributed by atoms with E-state index in [1.807, 2.05) is 12.1 Å². The van der Waals surface area contributed by atoms with Crippen molar-refractivity contribution >= 4 is 22.7 Å². The molecule has 0 bridgehead atoms. The van der Waals surface area contributed by atoms with E-state index in [1.165, 1.54) is 10.1 Å². The van der Waals surface area contributed by atoms with Gasteiger partial charge in [-0.3, -0.25) is 9.47 Å². The lowest BCUT2D eigenvalue weighted by Gasteiger charge is -2.49. The Morgan fingerprint density at radius 1 is 1.09 bits per heavy atom. The van der Waals surface area contributed by atoms with Crippen LogP contribution in [-0.2, 0) is 13.7 Å². The van der Waals surface area contributed by atoms with Crippen molar-refractivity contribution in [1.82, 2.24) is 19.4 Å². The number of nitrogens with zero attached hydrogens (tertiary/aromatic N) is 6. The van der Waals surface area contributed by atoms with Crippen LogP contribution >= 0.6 is 0 Å². The number of rotatable bonds is 6. The molecule has 34 heavy (non-hydrogen) atoms. The summed E-state index contributed by atoms with van der Waals surface area (Å²) in [6.07, 6.45) is 1.85. The van der Waals surface area contributed by atoms with Gasteiger partial charge in [-0.15, -0.1) is 4.98 Å². The Hall–Kier alpha value is -3.28. The molecular formula is C26H32N6O2. The molecule has 3 aromatic rings. The van der Waals surface area contributed by atoms with E-state index in [4.69, 9.17) is 6.57 Å². The molecule has 3 heterocycles. The van der Waals surface area contributed by atoms with E-state index < -0.39 is 0 Å². The number of pyridine rings is 1. The average molecular weight is 461 g/mol. The monoisotopic (exact) mass is 460 g/mol. The van der Waals surface area contributed by atoms with Gasteiger partial charge < -0.3 is 14.9 Å². The fourth-order valence-corrected chi connectivity index (χ4v) is 4.97. The Kier molecular flexibility index (Phi) is 6.96. The summed E-state index contributed by atoms with van der Waals surface area (Å²) in [5.74, 6) is 0.876. The second kappa shape index (κ2) is 9.92. The number of aliphatic hydroxyl groups is 1. The van der Waals surface area contributed by atoms with Crippen LogP contribution in [-0.4, -0.2) is 49.7 Å². The predicted molar refractivity (Wildman–Crippen MR) is 134 cm³/mol. The second-order valence-corrected chi connectivity index (χ2v) is 8.97. The number of aliphatic hydroxyl groups excluding tert-OH is 1. The first-order valence-electron chi connectivity index (χ1n) is 11.9. The van der Waals surface area contributed by atoms with Gasteiger partial charge in [0, 0.05) is 38.3 Å². The molecule has 1 unspecified atom stereocenters. The molecule has 4 rings (SSSR count). The maximum atomic E-state index is 12.7. The van der Waals surface area contributed by atoms with E-state index >= 15 is 0 Å². The number of aryl methyl sites for hydroxylation is 1. The Labute approximate surface area is 200 Å². The number of hydrogen-bond acceptors (Lipinski definition) is 6. The molecule has 1 saturated heterocycles. The molecule has 1 aliphatic heterocycles. The zero-order valence-corrected chi connectivity index (χ0v) is 20.3. The number of fused-ring (bicyclic) bond motifs is 1. The minimum atomic E-state index is -0.317. The van der Waals surface area contributed by atoms with Gasteiger partial charge >= 0.3 is 5.69 Å². The molecule has 0 aliphatic carbocycles. The van der Waals surface area contributed by atoms with Crippen LogP contribution in [0.3, 0.4) is 0 Å². The highest BCUT2D eigenvalue weighted by Gasteiger charge is 2.37. The molecule has 2 aromatic heterocycles. The Morgan fingerprint density at radius 2 is 1.79 bits per heavy atom. The molecule has 0 radical (unpaired) electrons. The first kappa shape index (κ1) is 23.9. The summed E-state index contributed by atoms with van der Waals surface area (Å²) >= 11 is 0. The summed E-state index contributed by atoms with van der Waals surface area (Å²) in [5.41, 5.74) is 3.10. The third-order valence-electron chi connectivity index (χ3n) is 7.13. The van der Waals surface area contributed by atoms with Crippen molar-refractivity contribution in [2.24, 2.45) is 7.05 Å². The minimum Gasteiger partial charge on any atom is -0.392 e. The molecule has 0 amide bonds. The maximum absolute atomic E-state index is 12.7. The molecule has 1 aromatic carbocycles. The smallest absolute Gasteiger partial charge is 0.350 e. The highest BCUT2D eigenvalue weighted by atomic mass is 16.3.